The minimum absolute atomic E-state index is 0.0846. The standard InChI is InChI=1S/C21H29N3O2S2/c1-4-8-24-20(26)18-15-6-5-7-16(15)28-19(18)22-21(24)27-12-17(25)23-10-13(2)9-14(3)11-23/h13-14H,4-12H2,1-3H3/t13-,14-/m0/s1. The van der Waals surface area contributed by atoms with Crippen LogP contribution in [0, 0.1) is 11.8 Å². The summed E-state index contributed by atoms with van der Waals surface area (Å²) in [6.45, 7) is 8.84. The molecule has 0 unspecified atom stereocenters. The van der Waals surface area contributed by atoms with Gasteiger partial charge >= 0.3 is 0 Å². The van der Waals surface area contributed by atoms with Crippen molar-refractivity contribution in [2.45, 2.75) is 64.6 Å². The molecule has 5 nitrogen and oxygen atoms in total. The van der Waals surface area contributed by atoms with Gasteiger partial charge in [-0.1, -0.05) is 32.5 Å². The fraction of sp³-hybridized carbons (Fsp3) is 0.667. The highest BCUT2D eigenvalue weighted by Crippen LogP contribution is 2.35. The van der Waals surface area contributed by atoms with Crippen molar-refractivity contribution >= 4 is 39.2 Å². The van der Waals surface area contributed by atoms with Crippen molar-refractivity contribution in [2.24, 2.45) is 11.8 Å². The summed E-state index contributed by atoms with van der Waals surface area (Å²) in [5.74, 6) is 1.62. The molecular formula is C21H29N3O2S2. The zero-order valence-corrected chi connectivity index (χ0v) is 18.6. The van der Waals surface area contributed by atoms with Crippen molar-refractivity contribution in [2.75, 3.05) is 18.8 Å². The summed E-state index contributed by atoms with van der Waals surface area (Å²) in [7, 11) is 0. The number of rotatable bonds is 5. The van der Waals surface area contributed by atoms with Gasteiger partial charge in [0.15, 0.2) is 5.16 Å². The molecule has 0 spiro atoms. The van der Waals surface area contributed by atoms with Crippen LogP contribution in [0.4, 0.5) is 0 Å². The molecular weight excluding hydrogens is 390 g/mol. The molecule has 2 atom stereocenters. The van der Waals surface area contributed by atoms with Crippen LogP contribution in [-0.4, -0.2) is 39.2 Å². The number of likely N-dealkylation sites (tertiary alicyclic amines) is 1. The first-order chi connectivity index (χ1) is 13.5. The lowest BCUT2D eigenvalue weighted by Crippen LogP contribution is -2.43. The van der Waals surface area contributed by atoms with Gasteiger partial charge < -0.3 is 4.90 Å². The van der Waals surface area contributed by atoms with Gasteiger partial charge in [-0.3, -0.25) is 14.2 Å². The number of hydrogen-bond donors (Lipinski definition) is 0. The van der Waals surface area contributed by atoms with E-state index in [0.29, 0.717) is 29.3 Å². The van der Waals surface area contributed by atoms with Gasteiger partial charge in [0.1, 0.15) is 4.83 Å². The predicted molar refractivity (Wildman–Crippen MR) is 116 cm³/mol. The van der Waals surface area contributed by atoms with E-state index in [1.54, 1.807) is 15.9 Å². The van der Waals surface area contributed by atoms with E-state index >= 15 is 0 Å². The molecule has 3 heterocycles. The van der Waals surface area contributed by atoms with E-state index in [0.717, 1.165) is 49.0 Å². The van der Waals surface area contributed by atoms with Gasteiger partial charge in [-0.25, -0.2) is 4.98 Å². The van der Waals surface area contributed by atoms with Crippen LogP contribution in [0.15, 0.2) is 9.95 Å². The zero-order chi connectivity index (χ0) is 19.8. The number of nitrogens with zero attached hydrogens (tertiary/aromatic N) is 3. The maximum atomic E-state index is 13.2. The van der Waals surface area contributed by atoms with E-state index in [1.165, 1.54) is 28.6 Å². The molecule has 0 N–H and O–H groups in total. The Morgan fingerprint density at radius 1 is 1.25 bits per heavy atom. The largest absolute Gasteiger partial charge is 0.341 e. The van der Waals surface area contributed by atoms with Crippen LogP contribution in [0.3, 0.4) is 0 Å². The first kappa shape index (κ1) is 20.0. The average molecular weight is 420 g/mol. The zero-order valence-electron chi connectivity index (χ0n) is 17.0. The Bertz CT molecular complexity index is 939. The van der Waals surface area contributed by atoms with Crippen LogP contribution in [0.25, 0.3) is 10.2 Å². The molecule has 2 aromatic rings. The smallest absolute Gasteiger partial charge is 0.263 e. The second kappa shape index (κ2) is 8.19. The molecule has 1 aliphatic carbocycles. The van der Waals surface area contributed by atoms with E-state index in [2.05, 4.69) is 20.8 Å². The number of thioether (sulfide) groups is 1. The molecule has 0 bridgehead atoms. The predicted octanol–water partition coefficient (Wildman–Crippen LogP) is 3.95. The van der Waals surface area contributed by atoms with Crippen molar-refractivity contribution in [1.82, 2.24) is 14.5 Å². The molecule has 0 saturated carbocycles. The summed E-state index contributed by atoms with van der Waals surface area (Å²) < 4.78 is 1.80. The second-order valence-electron chi connectivity index (χ2n) is 8.42. The van der Waals surface area contributed by atoms with Gasteiger partial charge in [0.2, 0.25) is 5.91 Å². The molecule has 2 aliphatic rings. The fourth-order valence-corrected chi connectivity index (χ4v) is 6.90. The number of fused-ring (bicyclic) bond motifs is 3. The van der Waals surface area contributed by atoms with Crippen LogP contribution in [-0.2, 0) is 24.2 Å². The Kier molecular flexibility index (Phi) is 5.83. The van der Waals surface area contributed by atoms with Gasteiger partial charge in [-0.05, 0) is 49.5 Å². The number of amides is 1. The molecule has 28 heavy (non-hydrogen) atoms. The molecule has 4 rings (SSSR count). The Balaban J connectivity index is 1.58. The van der Waals surface area contributed by atoms with Crippen LogP contribution in [0.2, 0.25) is 0 Å². The number of aryl methyl sites for hydroxylation is 2. The number of carbonyl (C=O) groups excluding carboxylic acids is 1. The third-order valence-electron chi connectivity index (χ3n) is 5.78. The SMILES string of the molecule is CCCn1c(SCC(=O)N2C[C@@H](C)C[C@H](C)C2)nc2sc3c(c2c1=O)CCC3. The lowest BCUT2D eigenvalue weighted by atomic mass is 9.92. The number of aromatic nitrogens is 2. The minimum atomic E-state index is 0.0846. The van der Waals surface area contributed by atoms with Crippen molar-refractivity contribution in [1.29, 1.82) is 0 Å². The van der Waals surface area contributed by atoms with Gasteiger partial charge in [-0.15, -0.1) is 11.3 Å². The van der Waals surface area contributed by atoms with Crippen molar-refractivity contribution in [3.8, 4) is 0 Å². The fourth-order valence-electron chi connectivity index (χ4n) is 4.67. The van der Waals surface area contributed by atoms with E-state index in [4.69, 9.17) is 4.98 Å². The Hall–Kier alpha value is -1.34. The van der Waals surface area contributed by atoms with Crippen LogP contribution in [0.5, 0.6) is 0 Å². The van der Waals surface area contributed by atoms with Gasteiger partial charge in [0.25, 0.3) is 5.56 Å². The molecule has 152 valence electrons. The van der Waals surface area contributed by atoms with Crippen molar-refractivity contribution in [3.63, 3.8) is 0 Å². The van der Waals surface area contributed by atoms with E-state index in [-0.39, 0.29) is 11.5 Å². The highest BCUT2D eigenvalue weighted by molar-refractivity contribution is 7.99. The topological polar surface area (TPSA) is 55.2 Å². The Labute approximate surface area is 174 Å². The van der Waals surface area contributed by atoms with Crippen LogP contribution < -0.4 is 5.56 Å². The highest BCUT2D eigenvalue weighted by atomic mass is 32.2. The summed E-state index contributed by atoms with van der Waals surface area (Å²) >= 11 is 3.10. The molecule has 2 aromatic heterocycles. The lowest BCUT2D eigenvalue weighted by Gasteiger charge is -2.35. The molecule has 1 saturated heterocycles. The van der Waals surface area contributed by atoms with E-state index < -0.39 is 0 Å². The van der Waals surface area contributed by atoms with Gasteiger partial charge in [-0.2, -0.15) is 0 Å². The third-order valence-corrected chi connectivity index (χ3v) is 7.93. The molecule has 1 amide bonds. The Morgan fingerprint density at radius 3 is 2.71 bits per heavy atom. The van der Waals surface area contributed by atoms with Crippen LogP contribution in [0.1, 0.15) is 50.5 Å². The van der Waals surface area contributed by atoms with Gasteiger partial charge in [0.05, 0.1) is 11.1 Å². The number of thiophene rings is 1. The van der Waals surface area contributed by atoms with Crippen molar-refractivity contribution in [3.05, 3.63) is 20.8 Å². The molecule has 1 aliphatic heterocycles. The number of piperidine rings is 1. The van der Waals surface area contributed by atoms with Crippen molar-refractivity contribution < 1.29 is 4.79 Å². The summed E-state index contributed by atoms with van der Waals surface area (Å²) in [5.41, 5.74) is 1.31. The summed E-state index contributed by atoms with van der Waals surface area (Å²) in [6, 6.07) is 0. The maximum Gasteiger partial charge on any atom is 0.263 e. The van der Waals surface area contributed by atoms with Crippen LogP contribution >= 0.6 is 23.1 Å². The minimum Gasteiger partial charge on any atom is -0.341 e. The quantitative estimate of drug-likeness (QED) is 0.544. The normalized spacial score (nSPS) is 22.0. The molecule has 1 fully saturated rings. The van der Waals surface area contributed by atoms with Gasteiger partial charge in [0, 0.05) is 24.5 Å². The third kappa shape index (κ3) is 3.75. The highest BCUT2D eigenvalue weighted by Gasteiger charge is 2.27. The maximum absolute atomic E-state index is 13.2. The number of carbonyl (C=O) groups is 1. The summed E-state index contributed by atoms with van der Waals surface area (Å²) in [4.78, 5) is 35.0. The Morgan fingerprint density at radius 2 is 2.00 bits per heavy atom. The number of hydrogen-bond acceptors (Lipinski definition) is 5. The summed E-state index contributed by atoms with van der Waals surface area (Å²) in [6.07, 6.45) is 5.27. The first-order valence-corrected chi connectivity index (χ1v) is 12.2. The average Bonchev–Trinajstić information content (AvgIpc) is 3.22. The first-order valence-electron chi connectivity index (χ1n) is 10.4. The molecule has 7 heteroatoms. The molecule has 0 radical (unpaired) electrons. The summed E-state index contributed by atoms with van der Waals surface area (Å²) in [5, 5.41) is 1.53. The molecule has 0 aromatic carbocycles. The van der Waals surface area contributed by atoms with E-state index in [1.807, 2.05) is 4.90 Å². The monoisotopic (exact) mass is 419 g/mol. The van der Waals surface area contributed by atoms with E-state index in [9.17, 15) is 9.59 Å². The second-order valence-corrected chi connectivity index (χ2v) is 10.4. The lowest BCUT2D eigenvalue weighted by molar-refractivity contribution is -0.130.